The summed E-state index contributed by atoms with van der Waals surface area (Å²) in [4.78, 5) is 4.59. The van der Waals surface area contributed by atoms with E-state index in [1.807, 2.05) is 6.20 Å². The zero-order valence-corrected chi connectivity index (χ0v) is 16.4. The summed E-state index contributed by atoms with van der Waals surface area (Å²) in [6.07, 6.45) is 9.98. The molecule has 6 heteroatoms. The molecule has 0 aromatic carbocycles. The van der Waals surface area contributed by atoms with Crippen LogP contribution in [-0.2, 0) is 0 Å². The second kappa shape index (κ2) is 7.98. The van der Waals surface area contributed by atoms with Crippen molar-refractivity contribution in [2.75, 3.05) is 18.4 Å². The Bertz CT molecular complexity index is 819. The Hall–Kier alpha value is -1.92. The zero-order chi connectivity index (χ0) is 18.8. The molecule has 3 N–H and O–H groups in total. The van der Waals surface area contributed by atoms with Gasteiger partial charge >= 0.3 is 0 Å². The monoisotopic (exact) mass is 369 g/mol. The Balaban J connectivity index is 1.76. The first-order valence-electron chi connectivity index (χ1n) is 10.4. The standard InChI is InChI=1S/C21H31N5O/c1-3-14(2)24-21-23-13-20-18(15-8-10-22-11-9-15)12-19(26(20)25-21)16-4-6-17(27)7-5-16/h8,12-14,16-17,22,27H,3-7,9-11H2,1-2H3,(H,24,25)/t14-,16?,17?/m0/s1. The van der Waals surface area contributed by atoms with Gasteiger partial charge in [-0.2, -0.15) is 0 Å². The van der Waals surface area contributed by atoms with E-state index in [0.717, 1.165) is 57.1 Å². The fourth-order valence-corrected chi connectivity index (χ4v) is 4.19. The SMILES string of the molecule is CC[C@H](C)Nc1ncc2c(C3=CCNCC3)cc(C3CCC(O)CC3)n2n1. The number of aliphatic hydroxyl groups is 1. The minimum Gasteiger partial charge on any atom is -0.393 e. The maximum absolute atomic E-state index is 9.91. The third-order valence-corrected chi connectivity index (χ3v) is 6.06. The molecule has 1 fully saturated rings. The van der Waals surface area contributed by atoms with Gasteiger partial charge in [0.05, 0.1) is 17.8 Å². The third-order valence-electron chi connectivity index (χ3n) is 6.06. The fraction of sp³-hybridized carbons (Fsp3) is 0.619. The summed E-state index contributed by atoms with van der Waals surface area (Å²) in [5.74, 6) is 1.14. The molecule has 2 aliphatic rings. The number of rotatable bonds is 5. The second-order valence-electron chi connectivity index (χ2n) is 8.00. The molecular weight excluding hydrogens is 338 g/mol. The van der Waals surface area contributed by atoms with Crippen LogP contribution in [0.25, 0.3) is 11.1 Å². The summed E-state index contributed by atoms with van der Waals surface area (Å²) in [6.45, 7) is 6.25. The van der Waals surface area contributed by atoms with E-state index >= 15 is 0 Å². The van der Waals surface area contributed by atoms with Crippen molar-refractivity contribution in [1.82, 2.24) is 19.9 Å². The molecule has 0 bridgehead atoms. The molecule has 6 nitrogen and oxygen atoms in total. The van der Waals surface area contributed by atoms with Gasteiger partial charge < -0.3 is 15.7 Å². The molecule has 27 heavy (non-hydrogen) atoms. The Morgan fingerprint density at radius 3 is 2.85 bits per heavy atom. The number of fused-ring (bicyclic) bond motifs is 1. The van der Waals surface area contributed by atoms with Crippen LogP contribution < -0.4 is 10.6 Å². The first-order chi connectivity index (χ1) is 13.2. The van der Waals surface area contributed by atoms with E-state index in [1.54, 1.807) is 0 Å². The van der Waals surface area contributed by atoms with Crippen LogP contribution in [-0.4, -0.2) is 44.9 Å². The normalized spacial score (nSPS) is 24.6. The smallest absolute Gasteiger partial charge is 0.241 e. The van der Waals surface area contributed by atoms with E-state index < -0.39 is 0 Å². The van der Waals surface area contributed by atoms with Crippen molar-refractivity contribution in [3.63, 3.8) is 0 Å². The highest BCUT2D eigenvalue weighted by atomic mass is 16.3. The van der Waals surface area contributed by atoms with Gasteiger partial charge in [-0.15, -0.1) is 5.10 Å². The van der Waals surface area contributed by atoms with Crippen molar-refractivity contribution in [3.05, 3.63) is 29.6 Å². The highest BCUT2D eigenvalue weighted by Crippen LogP contribution is 2.37. The molecule has 2 aromatic rings. The van der Waals surface area contributed by atoms with Crippen LogP contribution in [0.4, 0.5) is 5.95 Å². The van der Waals surface area contributed by atoms with Crippen molar-refractivity contribution in [2.45, 2.75) is 70.4 Å². The summed E-state index contributed by atoms with van der Waals surface area (Å²) in [7, 11) is 0. The molecule has 0 saturated heterocycles. The molecule has 0 amide bonds. The van der Waals surface area contributed by atoms with Crippen LogP contribution in [0.1, 0.15) is 69.5 Å². The quantitative estimate of drug-likeness (QED) is 0.754. The van der Waals surface area contributed by atoms with Crippen molar-refractivity contribution < 1.29 is 5.11 Å². The molecule has 146 valence electrons. The van der Waals surface area contributed by atoms with Crippen LogP contribution in [0.3, 0.4) is 0 Å². The number of anilines is 1. The Morgan fingerprint density at radius 1 is 1.33 bits per heavy atom. The number of hydrogen-bond acceptors (Lipinski definition) is 5. The average Bonchev–Trinajstić information content (AvgIpc) is 3.08. The van der Waals surface area contributed by atoms with Crippen LogP contribution in [0, 0.1) is 0 Å². The lowest BCUT2D eigenvalue weighted by atomic mass is 9.85. The predicted octanol–water partition coefficient (Wildman–Crippen LogP) is 3.33. The third kappa shape index (κ3) is 3.87. The molecule has 0 spiro atoms. The van der Waals surface area contributed by atoms with Crippen molar-refractivity contribution in [2.24, 2.45) is 0 Å². The average molecular weight is 370 g/mol. The first kappa shape index (κ1) is 18.4. The molecule has 0 radical (unpaired) electrons. The van der Waals surface area contributed by atoms with Crippen molar-refractivity contribution >= 4 is 17.0 Å². The molecule has 3 heterocycles. The van der Waals surface area contributed by atoms with Gasteiger partial charge in [0.25, 0.3) is 0 Å². The summed E-state index contributed by atoms with van der Waals surface area (Å²) < 4.78 is 2.11. The molecule has 2 aromatic heterocycles. The topological polar surface area (TPSA) is 74.5 Å². The van der Waals surface area contributed by atoms with E-state index in [0.29, 0.717) is 17.9 Å². The van der Waals surface area contributed by atoms with E-state index in [-0.39, 0.29) is 6.10 Å². The lowest BCUT2D eigenvalue weighted by Crippen LogP contribution is -2.20. The van der Waals surface area contributed by atoms with Crippen molar-refractivity contribution in [3.8, 4) is 0 Å². The fourth-order valence-electron chi connectivity index (χ4n) is 4.19. The highest BCUT2D eigenvalue weighted by Gasteiger charge is 2.26. The minimum atomic E-state index is -0.142. The van der Waals surface area contributed by atoms with Gasteiger partial charge in [-0.25, -0.2) is 9.50 Å². The van der Waals surface area contributed by atoms with Gasteiger partial charge in [0.1, 0.15) is 0 Å². The number of nitrogens with one attached hydrogen (secondary N) is 2. The summed E-state index contributed by atoms with van der Waals surface area (Å²) in [5.41, 5.74) is 5.02. The summed E-state index contributed by atoms with van der Waals surface area (Å²) >= 11 is 0. The number of aromatic nitrogens is 3. The molecule has 1 aliphatic heterocycles. The minimum absolute atomic E-state index is 0.142. The lowest BCUT2D eigenvalue weighted by molar-refractivity contribution is 0.121. The second-order valence-corrected chi connectivity index (χ2v) is 8.00. The van der Waals surface area contributed by atoms with Gasteiger partial charge in [0.2, 0.25) is 5.95 Å². The van der Waals surface area contributed by atoms with E-state index in [1.165, 1.54) is 16.8 Å². The van der Waals surface area contributed by atoms with E-state index in [2.05, 4.69) is 46.1 Å². The molecule has 4 rings (SSSR count). The molecule has 1 saturated carbocycles. The van der Waals surface area contributed by atoms with Crippen LogP contribution in [0.15, 0.2) is 18.3 Å². The Morgan fingerprint density at radius 2 is 2.15 bits per heavy atom. The van der Waals surface area contributed by atoms with Gasteiger partial charge in [0, 0.05) is 29.8 Å². The predicted molar refractivity (Wildman–Crippen MR) is 109 cm³/mol. The van der Waals surface area contributed by atoms with E-state index in [9.17, 15) is 5.11 Å². The number of hydrogen-bond donors (Lipinski definition) is 3. The number of nitrogens with zero attached hydrogens (tertiary/aromatic N) is 3. The molecule has 1 aliphatic carbocycles. The number of aliphatic hydroxyl groups excluding tert-OH is 1. The van der Waals surface area contributed by atoms with Gasteiger partial charge in [0.15, 0.2) is 0 Å². The molecular formula is C21H31N5O. The van der Waals surface area contributed by atoms with Crippen molar-refractivity contribution in [1.29, 1.82) is 0 Å². The van der Waals surface area contributed by atoms with E-state index in [4.69, 9.17) is 5.10 Å². The maximum Gasteiger partial charge on any atom is 0.241 e. The van der Waals surface area contributed by atoms with Crippen LogP contribution in [0.2, 0.25) is 0 Å². The lowest BCUT2D eigenvalue weighted by Gasteiger charge is -2.25. The zero-order valence-electron chi connectivity index (χ0n) is 16.4. The van der Waals surface area contributed by atoms with Gasteiger partial charge in [-0.1, -0.05) is 13.0 Å². The summed E-state index contributed by atoms with van der Waals surface area (Å²) in [6, 6.07) is 2.68. The highest BCUT2D eigenvalue weighted by molar-refractivity contribution is 5.80. The largest absolute Gasteiger partial charge is 0.393 e. The molecule has 1 atom stereocenters. The van der Waals surface area contributed by atoms with Gasteiger partial charge in [-0.3, -0.25) is 0 Å². The van der Waals surface area contributed by atoms with Crippen LogP contribution >= 0.6 is 0 Å². The first-order valence-corrected chi connectivity index (χ1v) is 10.4. The Kier molecular flexibility index (Phi) is 5.45. The Labute approximate surface area is 161 Å². The summed E-state index contributed by atoms with van der Waals surface area (Å²) in [5, 5.41) is 21.6. The van der Waals surface area contributed by atoms with Crippen LogP contribution in [0.5, 0.6) is 0 Å². The molecule has 0 unspecified atom stereocenters. The van der Waals surface area contributed by atoms with Gasteiger partial charge in [-0.05, 0) is 63.6 Å². The maximum atomic E-state index is 9.91.